The summed E-state index contributed by atoms with van der Waals surface area (Å²) >= 11 is 0. The van der Waals surface area contributed by atoms with Crippen molar-refractivity contribution in [1.29, 1.82) is 0 Å². The van der Waals surface area contributed by atoms with Crippen molar-refractivity contribution in [2.24, 2.45) is 17.8 Å². The van der Waals surface area contributed by atoms with Crippen LogP contribution in [-0.2, 0) is 23.1 Å². The minimum atomic E-state index is -3.89. The highest BCUT2D eigenvalue weighted by Crippen LogP contribution is 2.44. The molecule has 0 aliphatic heterocycles. The number of phosphoric ester groups is 1. The average Bonchev–Trinajstić information content (AvgIpc) is 2.81. The molecule has 2 unspecified atom stereocenters. The van der Waals surface area contributed by atoms with Crippen molar-refractivity contribution in [3.63, 3.8) is 0 Å². The van der Waals surface area contributed by atoms with Gasteiger partial charge in [-0.2, -0.15) is 0 Å². The number of hydrogen-bond donors (Lipinski definition) is 1. The van der Waals surface area contributed by atoms with Crippen molar-refractivity contribution in [3.05, 3.63) is 12.7 Å². The summed E-state index contributed by atoms with van der Waals surface area (Å²) in [5.74, 6) is 1.15. The summed E-state index contributed by atoms with van der Waals surface area (Å²) in [6, 6.07) is 0. The molecule has 1 N–H and O–H groups in total. The summed E-state index contributed by atoms with van der Waals surface area (Å²) in [5, 5.41) is 0. The van der Waals surface area contributed by atoms with Gasteiger partial charge in [0.05, 0.1) is 19.8 Å². The zero-order chi connectivity index (χ0) is 26.2. The molecule has 6 nitrogen and oxygen atoms in total. The first-order valence-corrected chi connectivity index (χ1v) is 15.1. The lowest BCUT2D eigenvalue weighted by atomic mass is 10.0. The molecule has 0 spiro atoms. The maximum atomic E-state index is 11.9. The van der Waals surface area contributed by atoms with Gasteiger partial charge in [-0.05, 0) is 37.0 Å². The molecular formula is C27H55O6P. The third kappa shape index (κ3) is 24.4. The lowest BCUT2D eigenvalue weighted by Gasteiger charge is -2.20. The largest absolute Gasteiger partial charge is 0.472 e. The van der Waals surface area contributed by atoms with Gasteiger partial charge in [0.25, 0.3) is 0 Å². The molecule has 0 aromatic rings. The second-order valence-corrected chi connectivity index (χ2v) is 11.0. The number of hydrogen-bond acceptors (Lipinski definition) is 5. The van der Waals surface area contributed by atoms with Gasteiger partial charge in [0, 0.05) is 6.08 Å². The fourth-order valence-electron chi connectivity index (χ4n) is 3.30. The van der Waals surface area contributed by atoms with E-state index in [0.29, 0.717) is 31.7 Å². The van der Waals surface area contributed by atoms with Crippen molar-refractivity contribution in [3.8, 4) is 0 Å². The second-order valence-electron chi connectivity index (χ2n) is 9.51. The molecular weight excluding hydrogens is 451 g/mol. The Hall–Kier alpha value is -0.680. The molecule has 0 bridgehead atoms. The third-order valence-corrected chi connectivity index (χ3v) is 6.82. The molecule has 0 saturated heterocycles. The van der Waals surface area contributed by atoms with Crippen LogP contribution in [0.2, 0.25) is 0 Å². The predicted molar refractivity (Wildman–Crippen MR) is 143 cm³/mol. The van der Waals surface area contributed by atoms with Crippen LogP contribution in [-0.4, -0.2) is 30.7 Å². The van der Waals surface area contributed by atoms with Crippen LogP contribution in [0.15, 0.2) is 12.7 Å². The van der Waals surface area contributed by atoms with Crippen molar-refractivity contribution in [2.75, 3.05) is 19.8 Å². The summed E-state index contributed by atoms with van der Waals surface area (Å²) in [5.41, 5.74) is 0. The monoisotopic (exact) mass is 506 g/mol. The van der Waals surface area contributed by atoms with Crippen molar-refractivity contribution >= 4 is 13.8 Å². The quantitative estimate of drug-likeness (QED) is 0.0727. The van der Waals surface area contributed by atoms with Gasteiger partial charge < -0.3 is 9.63 Å². The van der Waals surface area contributed by atoms with Gasteiger partial charge in [0.1, 0.15) is 0 Å². The normalized spacial score (nSPS) is 14.6. The maximum absolute atomic E-state index is 11.9. The number of carbonyl (C=O) groups excluding carboxylic acids is 1. The molecule has 0 aliphatic rings. The fourth-order valence-corrected chi connectivity index (χ4v) is 4.17. The topological polar surface area (TPSA) is 82.1 Å². The number of phosphoric acid groups is 1. The van der Waals surface area contributed by atoms with E-state index in [0.717, 1.165) is 70.1 Å². The lowest BCUT2D eigenvalue weighted by Crippen LogP contribution is -2.12. The van der Waals surface area contributed by atoms with E-state index in [2.05, 4.69) is 48.1 Å². The Labute approximate surface area is 210 Å². The molecule has 7 heteroatoms. The van der Waals surface area contributed by atoms with Gasteiger partial charge in [-0.3, -0.25) is 9.05 Å². The van der Waals surface area contributed by atoms with Gasteiger partial charge >= 0.3 is 13.8 Å². The van der Waals surface area contributed by atoms with E-state index in [9.17, 15) is 14.3 Å². The molecule has 0 amide bonds. The van der Waals surface area contributed by atoms with E-state index in [1.165, 1.54) is 18.9 Å². The van der Waals surface area contributed by atoms with Gasteiger partial charge in [-0.25, -0.2) is 9.36 Å². The Bertz CT molecular complexity index is 499. The first-order valence-electron chi connectivity index (χ1n) is 13.6. The molecule has 0 radical (unpaired) electrons. The highest BCUT2D eigenvalue weighted by molar-refractivity contribution is 7.47. The molecule has 2 atom stereocenters. The Morgan fingerprint density at radius 2 is 1.35 bits per heavy atom. The molecule has 0 rings (SSSR count). The van der Waals surface area contributed by atoms with Crippen LogP contribution in [0, 0.1) is 17.8 Å². The molecule has 204 valence electrons. The van der Waals surface area contributed by atoms with Crippen LogP contribution in [0.3, 0.4) is 0 Å². The van der Waals surface area contributed by atoms with Crippen LogP contribution < -0.4 is 0 Å². The molecule has 0 aromatic heterocycles. The summed E-state index contributed by atoms with van der Waals surface area (Å²) in [6.07, 6.45) is 14.4. The van der Waals surface area contributed by atoms with Crippen molar-refractivity contribution in [1.82, 2.24) is 0 Å². The molecule has 34 heavy (non-hydrogen) atoms. The number of rotatable bonds is 21. The SMILES string of the molecule is C=CC(=O)OCCCCCC(C)C.CCCCC(CC)COP(=O)(O)OCC(CC)CCCC. The van der Waals surface area contributed by atoms with Crippen LogP contribution in [0.1, 0.15) is 119 Å². The second kappa shape index (κ2) is 24.0. The number of ether oxygens (including phenoxy) is 1. The lowest BCUT2D eigenvalue weighted by molar-refractivity contribution is -0.137. The van der Waals surface area contributed by atoms with Crippen molar-refractivity contribution < 1.29 is 28.0 Å². The van der Waals surface area contributed by atoms with E-state index in [-0.39, 0.29) is 5.97 Å². The zero-order valence-electron chi connectivity index (χ0n) is 23.1. The summed E-state index contributed by atoms with van der Waals surface area (Å²) in [6.45, 7) is 17.4. The zero-order valence-corrected chi connectivity index (χ0v) is 24.0. The Morgan fingerprint density at radius 3 is 1.74 bits per heavy atom. The van der Waals surface area contributed by atoms with Gasteiger partial charge in [-0.15, -0.1) is 0 Å². The van der Waals surface area contributed by atoms with Gasteiger partial charge in [0.2, 0.25) is 0 Å². The third-order valence-electron chi connectivity index (χ3n) is 5.87. The smallest absolute Gasteiger partial charge is 0.463 e. The molecule has 0 aliphatic carbocycles. The minimum absolute atomic E-state index is 0.316. The maximum Gasteiger partial charge on any atom is 0.472 e. The van der Waals surface area contributed by atoms with E-state index in [4.69, 9.17) is 13.8 Å². The average molecular weight is 507 g/mol. The first kappa shape index (κ1) is 35.5. The summed E-state index contributed by atoms with van der Waals surface area (Å²) in [7, 11) is -3.89. The van der Waals surface area contributed by atoms with E-state index < -0.39 is 7.82 Å². The molecule has 0 saturated carbocycles. The summed E-state index contributed by atoms with van der Waals surface area (Å²) in [4.78, 5) is 20.4. The van der Waals surface area contributed by atoms with Crippen LogP contribution >= 0.6 is 7.82 Å². The standard InChI is InChI=1S/C16H35O4P.C11H20O2/c1-5-9-11-15(7-3)13-19-21(17,18)20-14-16(8-4)12-10-6-2;1-4-11(12)13-9-7-5-6-8-10(2)3/h15-16H,5-14H2,1-4H3,(H,17,18);4,10H,1,5-9H2,2-3H3. The Kier molecular flexibility index (Phi) is 25.1. The Balaban J connectivity index is 0. The molecule has 0 heterocycles. The van der Waals surface area contributed by atoms with Crippen LogP contribution in [0.4, 0.5) is 0 Å². The Morgan fingerprint density at radius 1 is 0.853 bits per heavy atom. The highest BCUT2D eigenvalue weighted by Gasteiger charge is 2.24. The fraction of sp³-hybridized carbons (Fsp3) is 0.889. The number of unbranched alkanes of at least 4 members (excludes halogenated alkanes) is 4. The number of carbonyl (C=O) groups is 1. The predicted octanol–water partition coefficient (Wildman–Crippen LogP) is 8.48. The minimum Gasteiger partial charge on any atom is -0.463 e. The van der Waals surface area contributed by atoms with E-state index in [1.54, 1.807) is 0 Å². The van der Waals surface area contributed by atoms with Gasteiger partial charge in [0.15, 0.2) is 0 Å². The van der Waals surface area contributed by atoms with E-state index >= 15 is 0 Å². The van der Waals surface area contributed by atoms with Crippen LogP contribution in [0.5, 0.6) is 0 Å². The highest BCUT2D eigenvalue weighted by atomic mass is 31.2. The molecule has 0 aromatic carbocycles. The van der Waals surface area contributed by atoms with Gasteiger partial charge in [-0.1, -0.05) is 106 Å². The molecule has 0 fully saturated rings. The first-order chi connectivity index (χ1) is 16.1. The summed E-state index contributed by atoms with van der Waals surface area (Å²) < 4.78 is 27.1. The van der Waals surface area contributed by atoms with Crippen LogP contribution in [0.25, 0.3) is 0 Å². The van der Waals surface area contributed by atoms with E-state index in [1.807, 2.05) is 0 Å². The number of esters is 1. The van der Waals surface area contributed by atoms with Crippen molar-refractivity contribution in [2.45, 2.75) is 119 Å².